The average molecular weight is 248 g/mol. The summed E-state index contributed by atoms with van der Waals surface area (Å²) in [6.45, 7) is 1.68. The van der Waals surface area contributed by atoms with Gasteiger partial charge < -0.3 is 10.2 Å². The van der Waals surface area contributed by atoms with Crippen LogP contribution in [0.4, 0.5) is 0 Å². The first-order valence-electron chi connectivity index (χ1n) is 4.78. The highest BCUT2D eigenvalue weighted by Gasteiger charge is 2.63. The zero-order valence-corrected chi connectivity index (χ0v) is 10.1. The van der Waals surface area contributed by atoms with Crippen molar-refractivity contribution in [1.29, 1.82) is 0 Å². The Balaban J connectivity index is 5.98. The normalized spacial score (nSPS) is 15.2. The van der Waals surface area contributed by atoms with Crippen LogP contribution in [0, 0.1) is 0 Å². The molecular formula is C10H16O7. The molecule has 0 aliphatic heterocycles. The SMILES string of the molecule is COOC(C(C)=O)(C(C)=O)C(O)(CO)C(C)=O. The van der Waals surface area contributed by atoms with Gasteiger partial charge in [-0.25, -0.2) is 9.78 Å². The standard InChI is InChI=1S/C10H16O7/c1-6(12)9(15,5-11)10(7(2)13,8(3)14)17-16-4/h11,15H,5H2,1-4H3. The minimum absolute atomic E-state index is 0.926. The van der Waals surface area contributed by atoms with Crippen LogP contribution in [0.15, 0.2) is 0 Å². The molecule has 7 nitrogen and oxygen atoms in total. The van der Waals surface area contributed by atoms with Crippen molar-refractivity contribution in [2.24, 2.45) is 0 Å². The van der Waals surface area contributed by atoms with Crippen LogP contribution in [-0.2, 0) is 24.2 Å². The molecule has 0 saturated heterocycles. The van der Waals surface area contributed by atoms with E-state index in [2.05, 4.69) is 9.78 Å². The molecule has 98 valence electrons. The molecule has 7 heteroatoms. The smallest absolute Gasteiger partial charge is 0.255 e. The highest BCUT2D eigenvalue weighted by Crippen LogP contribution is 2.30. The molecule has 0 heterocycles. The monoisotopic (exact) mass is 248 g/mol. The molecule has 0 radical (unpaired) electrons. The van der Waals surface area contributed by atoms with E-state index in [9.17, 15) is 19.5 Å². The van der Waals surface area contributed by atoms with Gasteiger partial charge in [0.25, 0.3) is 5.60 Å². The van der Waals surface area contributed by atoms with Crippen LogP contribution in [0.25, 0.3) is 0 Å². The molecule has 0 aromatic rings. The first-order chi connectivity index (χ1) is 7.70. The van der Waals surface area contributed by atoms with Crippen LogP contribution in [-0.4, -0.2) is 52.5 Å². The van der Waals surface area contributed by atoms with Gasteiger partial charge in [-0.05, 0) is 20.8 Å². The van der Waals surface area contributed by atoms with Crippen LogP contribution >= 0.6 is 0 Å². The van der Waals surface area contributed by atoms with Crippen molar-refractivity contribution in [1.82, 2.24) is 0 Å². The largest absolute Gasteiger partial charge is 0.393 e. The number of carbonyl (C=O) groups is 3. The maximum Gasteiger partial charge on any atom is 0.255 e. The fourth-order valence-corrected chi connectivity index (χ4v) is 1.61. The lowest BCUT2D eigenvalue weighted by Crippen LogP contribution is -2.69. The third kappa shape index (κ3) is 2.27. The van der Waals surface area contributed by atoms with Crippen molar-refractivity contribution in [3.05, 3.63) is 0 Å². The van der Waals surface area contributed by atoms with Crippen molar-refractivity contribution in [2.75, 3.05) is 13.7 Å². The molecule has 0 aliphatic carbocycles. The number of Topliss-reactive ketones (excluding diaryl/α,β-unsaturated/α-hetero) is 3. The number of aliphatic hydroxyl groups is 2. The molecular weight excluding hydrogens is 232 g/mol. The molecule has 17 heavy (non-hydrogen) atoms. The molecule has 0 bridgehead atoms. The predicted octanol–water partition coefficient (Wildman–Crippen LogP) is -1.21. The quantitative estimate of drug-likeness (QED) is 0.330. The van der Waals surface area contributed by atoms with Gasteiger partial charge >= 0.3 is 0 Å². The molecule has 2 N–H and O–H groups in total. The second-order valence-corrected chi connectivity index (χ2v) is 3.62. The van der Waals surface area contributed by atoms with Gasteiger partial charge in [0.05, 0.1) is 13.7 Å². The Labute approximate surface area is 98.3 Å². The first-order valence-corrected chi connectivity index (χ1v) is 4.78. The molecule has 1 unspecified atom stereocenters. The topological polar surface area (TPSA) is 110 Å². The van der Waals surface area contributed by atoms with Crippen molar-refractivity contribution >= 4 is 17.3 Å². The number of ketones is 3. The van der Waals surface area contributed by atoms with Crippen LogP contribution < -0.4 is 0 Å². The second-order valence-electron chi connectivity index (χ2n) is 3.62. The maximum absolute atomic E-state index is 11.6. The summed E-state index contributed by atoms with van der Waals surface area (Å²) >= 11 is 0. The summed E-state index contributed by atoms with van der Waals surface area (Å²) in [5.74, 6) is -2.88. The number of rotatable bonds is 7. The first kappa shape index (κ1) is 15.9. The second kappa shape index (κ2) is 5.46. The van der Waals surface area contributed by atoms with Gasteiger partial charge in [-0.3, -0.25) is 14.4 Å². The van der Waals surface area contributed by atoms with Crippen molar-refractivity contribution in [3.63, 3.8) is 0 Å². The Morgan fingerprint density at radius 1 is 1.06 bits per heavy atom. The molecule has 0 aromatic carbocycles. The summed E-state index contributed by atoms with van der Waals surface area (Å²) in [7, 11) is 1.01. The average Bonchev–Trinajstić information content (AvgIpc) is 2.23. The highest BCUT2D eigenvalue weighted by atomic mass is 17.2. The van der Waals surface area contributed by atoms with Crippen LogP contribution in [0.2, 0.25) is 0 Å². The minimum Gasteiger partial charge on any atom is -0.393 e. The summed E-state index contributed by atoms with van der Waals surface area (Å²) in [6, 6.07) is 0. The zero-order valence-electron chi connectivity index (χ0n) is 10.1. The van der Waals surface area contributed by atoms with E-state index in [-0.39, 0.29) is 0 Å². The van der Waals surface area contributed by atoms with Crippen LogP contribution in [0.3, 0.4) is 0 Å². The summed E-state index contributed by atoms with van der Waals surface area (Å²) in [4.78, 5) is 43.3. The molecule has 0 aromatic heterocycles. The van der Waals surface area contributed by atoms with Crippen molar-refractivity contribution in [2.45, 2.75) is 32.0 Å². The number of hydrogen-bond acceptors (Lipinski definition) is 7. The Kier molecular flexibility index (Phi) is 5.09. The molecule has 1 atom stereocenters. The fraction of sp³-hybridized carbons (Fsp3) is 0.700. The third-order valence-corrected chi connectivity index (χ3v) is 2.59. The number of carbonyl (C=O) groups excluding carboxylic acids is 3. The molecule has 0 rings (SSSR count). The van der Waals surface area contributed by atoms with E-state index < -0.39 is 35.2 Å². The molecule has 0 fully saturated rings. The van der Waals surface area contributed by atoms with Crippen molar-refractivity contribution in [3.8, 4) is 0 Å². The third-order valence-electron chi connectivity index (χ3n) is 2.59. The summed E-state index contributed by atoms with van der Waals surface area (Å²) in [5.41, 5.74) is -5.25. The van der Waals surface area contributed by atoms with E-state index >= 15 is 0 Å². The van der Waals surface area contributed by atoms with Gasteiger partial charge in [0.2, 0.25) is 0 Å². The van der Waals surface area contributed by atoms with Gasteiger partial charge in [-0.2, -0.15) is 0 Å². The van der Waals surface area contributed by atoms with Gasteiger partial charge in [0.1, 0.15) is 0 Å². The van der Waals surface area contributed by atoms with E-state index in [0.29, 0.717) is 0 Å². The fourth-order valence-electron chi connectivity index (χ4n) is 1.61. The lowest BCUT2D eigenvalue weighted by atomic mass is 9.75. The predicted molar refractivity (Wildman–Crippen MR) is 54.9 cm³/mol. The Morgan fingerprint density at radius 3 is 1.65 bits per heavy atom. The maximum atomic E-state index is 11.6. The van der Waals surface area contributed by atoms with Crippen LogP contribution in [0.5, 0.6) is 0 Å². The molecule has 0 spiro atoms. The lowest BCUT2D eigenvalue weighted by molar-refractivity contribution is -0.350. The van der Waals surface area contributed by atoms with Gasteiger partial charge in [0, 0.05) is 0 Å². The van der Waals surface area contributed by atoms with E-state index in [1.807, 2.05) is 0 Å². The number of aliphatic hydroxyl groups excluding tert-OH is 1. The van der Waals surface area contributed by atoms with Crippen LogP contribution in [0.1, 0.15) is 20.8 Å². The Morgan fingerprint density at radius 2 is 1.47 bits per heavy atom. The van der Waals surface area contributed by atoms with E-state index in [1.165, 1.54) is 0 Å². The molecule has 0 saturated carbocycles. The zero-order chi connectivity index (χ0) is 13.9. The van der Waals surface area contributed by atoms with Crippen molar-refractivity contribution < 1.29 is 34.4 Å². The number of hydrogen-bond donors (Lipinski definition) is 2. The Bertz CT molecular complexity index is 322. The van der Waals surface area contributed by atoms with Gasteiger partial charge in [-0.15, -0.1) is 0 Å². The lowest BCUT2D eigenvalue weighted by Gasteiger charge is -2.38. The summed E-state index contributed by atoms with van der Waals surface area (Å²) in [5, 5.41) is 19.1. The summed E-state index contributed by atoms with van der Waals surface area (Å²) < 4.78 is 0. The Hall–Kier alpha value is -1.15. The van der Waals surface area contributed by atoms with Gasteiger partial charge in [0.15, 0.2) is 23.0 Å². The van der Waals surface area contributed by atoms with E-state index in [1.54, 1.807) is 0 Å². The summed E-state index contributed by atoms with van der Waals surface area (Å²) in [6.07, 6.45) is 0. The van der Waals surface area contributed by atoms with Gasteiger partial charge in [-0.1, -0.05) is 0 Å². The minimum atomic E-state index is -2.68. The molecule has 0 amide bonds. The molecule has 0 aliphatic rings. The highest BCUT2D eigenvalue weighted by molar-refractivity contribution is 6.14. The van der Waals surface area contributed by atoms with E-state index in [4.69, 9.17) is 5.11 Å². The van der Waals surface area contributed by atoms with E-state index in [0.717, 1.165) is 27.9 Å².